The highest BCUT2D eigenvalue weighted by Crippen LogP contribution is 2.64. The third-order valence-corrected chi connectivity index (χ3v) is 16.9. The SMILES string of the molecule is CC(C)(C)c1ccc2ccc3c(-c4ccc5c(c4)C4(c6ccccc6-c6ccccc64)c4ccc6c(-c7ccc8ccc9c(-c%10ccccc%10)ccc%10ccc7c8c%109)cccc6c4-5)ccc4ccc1c2c43. The zero-order valence-corrected chi connectivity index (χ0v) is 39.9. The van der Waals surface area contributed by atoms with Crippen LogP contribution in [0.25, 0.3) is 131 Å². The summed E-state index contributed by atoms with van der Waals surface area (Å²) >= 11 is 0. The van der Waals surface area contributed by atoms with E-state index in [-0.39, 0.29) is 5.41 Å². The van der Waals surface area contributed by atoms with E-state index in [1.165, 1.54) is 159 Å². The van der Waals surface area contributed by atoms with Crippen molar-refractivity contribution in [3.8, 4) is 55.6 Å². The van der Waals surface area contributed by atoms with Crippen LogP contribution in [0.1, 0.15) is 48.6 Å². The van der Waals surface area contributed by atoms with Gasteiger partial charge in [0, 0.05) is 0 Å². The molecule has 0 aromatic heterocycles. The Bertz CT molecular complexity index is 4550. The van der Waals surface area contributed by atoms with Gasteiger partial charge in [-0.15, -0.1) is 0 Å². The number of fused-ring (bicyclic) bond motifs is 12. The van der Waals surface area contributed by atoms with Gasteiger partial charge in [-0.05, 0) is 170 Å². The van der Waals surface area contributed by atoms with Crippen molar-refractivity contribution < 1.29 is 0 Å². The molecule has 330 valence electrons. The second-order valence-corrected chi connectivity index (χ2v) is 21.4. The van der Waals surface area contributed by atoms with Gasteiger partial charge in [-0.25, -0.2) is 0 Å². The minimum Gasteiger partial charge on any atom is -0.0622 e. The predicted octanol–water partition coefficient (Wildman–Crippen LogP) is 19.3. The van der Waals surface area contributed by atoms with Gasteiger partial charge >= 0.3 is 0 Å². The Hall–Kier alpha value is -8.58. The molecule has 16 rings (SSSR count). The Morgan fingerprint density at radius 1 is 0.268 bits per heavy atom. The van der Waals surface area contributed by atoms with E-state index in [2.05, 4.69) is 245 Å². The normalized spacial score (nSPS) is 13.7. The molecule has 0 unspecified atom stereocenters. The lowest BCUT2D eigenvalue weighted by atomic mass is 9.70. The second-order valence-electron chi connectivity index (χ2n) is 21.4. The van der Waals surface area contributed by atoms with Crippen LogP contribution in [0.4, 0.5) is 0 Å². The minimum atomic E-state index is -0.493. The first-order chi connectivity index (χ1) is 34.9. The van der Waals surface area contributed by atoms with Crippen molar-refractivity contribution in [2.24, 2.45) is 0 Å². The van der Waals surface area contributed by atoms with Crippen molar-refractivity contribution in [3.63, 3.8) is 0 Å². The molecule has 1 spiro atoms. The number of rotatable bonds is 3. The molecular weight excluding hydrogens is 853 g/mol. The molecule has 0 bridgehead atoms. The number of benzene rings is 14. The lowest BCUT2D eigenvalue weighted by Gasteiger charge is -2.31. The Kier molecular flexibility index (Phi) is 7.64. The highest BCUT2D eigenvalue weighted by molar-refractivity contribution is 6.29. The molecule has 0 saturated carbocycles. The van der Waals surface area contributed by atoms with Crippen molar-refractivity contribution in [2.45, 2.75) is 31.6 Å². The summed E-state index contributed by atoms with van der Waals surface area (Å²) in [5.74, 6) is 0. The van der Waals surface area contributed by atoms with E-state index in [0.717, 1.165) is 0 Å². The Morgan fingerprint density at radius 3 is 1.37 bits per heavy atom. The number of hydrogen-bond donors (Lipinski definition) is 0. The zero-order chi connectivity index (χ0) is 46.9. The molecule has 14 aromatic carbocycles. The van der Waals surface area contributed by atoms with Gasteiger partial charge in [-0.3, -0.25) is 0 Å². The van der Waals surface area contributed by atoms with Gasteiger partial charge in [-0.1, -0.05) is 239 Å². The first-order valence-corrected chi connectivity index (χ1v) is 25.2. The Morgan fingerprint density at radius 2 is 0.732 bits per heavy atom. The molecule has 0 fully saturated rings. The highest BCUT2D eigenvalue weighted by Gasteiger charge is 2.52. The molecule has 0 atom stereocenters. The van der Waals surface area contributed by atoms with Gasteiger partial charge in [-0.2, -0.15) is 0 Å². The topological polar surface area (TPSA) is 0 Å². The van der Waals surface area contributed by atoms with Gasteiger partial charge in [0.05, 0.1) is 5.41 Å². The minimum absolute atomic E-state index is 0.0302. The molecule has 0 nitrogen and oxygen atoms in total. The van der Waals surface area contributed by atoms with Crippen molar-refractivity contribution in [2.75, 3.05) is 0 Å². The number of hydrogen-bond acceptors (Lipinski definition) is 0. The van der Waals surface area contributed by atoms with Crippen LogP contribution in [0.2, 0.25) is 0 Å². The maximum atomic E-state index is 2.57. The van der Waals surface area contributed by atoms with E-state index >= 15 is 0 Å². The molecule has 0 heteroatoms. The molecule has 71 heavy (non-hydrogen) atoms. The predicted molar refractivity (Wildman–Crippen MR) is 303 cm³/mol. The second kappa shape index (κ2) is 13.8. The molecular formula is C71H46. The fraction of sp³-hybridized carbons (Fsp3) is 0.0704. The third kappa shape index (κ3) is 5.04. The largest absolute Gasteiger partial charge is 0.0725 e. The third-order valence-electron chi connectivity index (χ3n) is 16.9. The molecule has 2 aliphatic rings. The van der Waals surface area contributed by atoms with E-state index in [9.17, 15) is 0 Å². The summed E-state index contributed by atoms with van der Waals surface area (Å²) in [5, 5.41) is 18.4. The standard InChI is InChI=1S/C71H46/c1-70(2,3)60-38-28-45-24-33-56-48(30-21-43-26-35-58(60)68(45)66(43)56)46-27-36-59-64(40-46)71(61-18-9-7-14-52(61)53-15-8-10-19-62(53)71)63-39-37-51-49(16-11-17-54(51)69(59)63)50-31-22-44-23-32-55-47(41-12-5-4-6-13-41)29-20-42-25-34-57(50)67(44)65(42)55/h4-40H,1-3H3. The average molecular weight is 899 g/mol. The summed E-state index contributed by atoms with van der Waals surface area (Å²) < 4.78 is 0. The van der Waals surface area contributed by atoms with Crippen LogP contribution < -0.4 is 0 Å². The molecule has 0 N–H and O–H groups in total. The van der Waals surface area contributed by atoms with E-state index in [4.69, 9.17) is 0 Å². The average Bonchev–Trinajstić information content (AvgIpc) is 3.89. The van der Waals surface area contributed by atoms with Gasteiger partial charge in [0.15, 0.2) is 0 Å². The van der Waals surface area contributed by atoms with Crippen molar-refractivity contribution >= 4 is 75.4 Å². The van der Waals surface area contributed by atoms with Crippen LogP contribution in [0.5, 0.6) is 0 Å². The van der Waals surface area contributed by atoms with Gasteiger partial charge in [0.1, 0.15) is 0 Å². The molecule has 14 aromatic rings. The van der Waals surface area contributed by atoms with Crippen molar-refractivity contribution in [3.05, 3.63) is 252 Å². The van der Waals surface area contributed by atoms with Gasteiger partial charge in [0.25, 0.3) is 0 Å². The molecule has 0 heterocycles. The van der Waals surface area contributed by atoms with Gasteiger partial charge in [0.2, 0.25) is 0 Å². The summed E-state index contributed by atoms with van der Waals surface area (Å²) in [4.78, 5) is 0. The quantitative estimate of drug-likeness (QED) is 0.155. The maximum absolute atomic E-state index is 2.57. The van der Waals surface area contributed by atoms with E-state index in [0.29, 0.717) is 0 Å². The lowest BCUT2D eigenvalue weighted by molar-refractivity contribution is 0.596. The van der Waals surface area contributed by atoms with E-state index in [1.54, 1.807) is 0 Å². The van der Waals surface area contributed by atoms with Crippen LogP contribution in [0.3, 0.4) is 0 Å². The maximum Gasteiger partial charge on any atom is 0.0725 e. The summed E-state index contributed by atoms with van der Waals surface area (Å²) in [7, 11) is 0. The fourth-order valence-electron chi connectivity index (χ4n) is 14.0. The molecule has 0 aliphatic heterocycles. The molecule has 0 radical (unpaired) electrons. The first kappa shape index (κ1) is 39.3. The smallest absolute Gasteiger partial charge is 0.0622 e. The van der Waals surface area contributed by atoms with Crippen molar-refractivity contribution in [1.29, 1.82) is 0 Å². The van der Waals surface area contributed by atoms with Crippen LogP contribution in [-0.2, 0) is 10.8 Å². The summed E-state index contributed by atoms with van der Waals surface area (Å²) in [6, 6.07) is 86.2. The molecule has 2 aliphatic carbocycles. The Balaban J connectivity index is 0.954. The monoisotopic (exact) mass is 898 g/mol. The van der Waals surface area contributed by atoms with Crippen LogP contribution in [0.15, 0.2) is 224 Å². The summed E-state index contributed by atoms with van der Waals surface area (Å²) in [6.07, 6.45) is 0. The van der Waals surface area contributed by atoms with Crippen LogP contribution in [-0.4, -0.2) is 0 Å². The summed E-state index contributed by atoms with van der Waals surface area (Å²) in [6.45, 7) is 7.00. The molecule has 0 saturated heterocycles. The van der Waals surface area contributed by atoms with Gasteiger partial charge < -0.3 is 0 Å². The van der Waals surface area contributed by atoms with E-state index < -0.39 is 5.41 Å². The van der Waals surface area contributed by atoms with E-state index in [1.807, 2.05) is 0 Å². The first-order valence-electron chi connectivity index (χ1n) is 25.2. The van der Waals surface area contributed by atoms with Crippen LogP contribution in [0, 0.1) is 0 Å². The lowest BCUT2D eigenvalue weighted by Crippen LogP contribution is -2.25. The Labute approximate surface area is 412 Å². The highest BCUT2D eigenvalue weighted by atomic mass is 14.5. The summed E-state index contributed by atoms with van der Waals surface area (Å²) in [5.41, 5.74) is 19.3. The molecule has 0 amide bonds. The van der Waals surface area contributed by atoms with Crippen molar-refractivity contribution in [1.82, 2.24) is 0 Å². The fourth-order valence-corrected chi connectivity index (χ4v) is 14.0. The van der Waals surface area contributed by atoms with Crippen LogP contribution >= 0.6 is 0 Å². The zero-order valence-electron chi connectivity index (χ0n) is 39.9.